The number of hydrogen-bond acceptors (Lipinski definition) is 1. The van der Waals surface area contributed by atoms with Crippen LogP contribution in [0.4, 0.5) is 13.2 Å². The molecule has 0 fully saturated rings. The highest BCUT2D eigenvalue weighted by atomic mass is 127. The summed E-state index contributed by atoms with van der Waals surface area (Å²) in [5, 5.41) is 0. The lowest BCUT2D eigenvalue weighted by atomic mass is 10.3. The third-order valence-corrected chi connectivity index (χ3v) is 1.95. The van der Waals surface area contributed by atoms with Crippen molar-refractivity contribution in [3.63, 3.8) is 0 Å². The van der Waals surface area contributed by atoms with E-state index in [-0.39, 0.29) is 5.75 Å². The van der Waals surface area contributed by atoms with Crippen molar-refractivity contribution in [2.75, 3.05) is 0 Å². The Morgan fingerprint density at radius 3 is 2.25 bits per heavy atom. The highest BCUT2D eigenvalue weighted by Crippen LogP contribution is 2.26. The number of ether oxygens (including phenoxy) is 1. The summed E-state index contributed by atoms with van der Waals surface area (Å²) in [6.07, 6.45) is -4.61. The van der Waals surface area contributed by atoms with Crippen molar-refractivity contribution in [3.05, 3.63) is 27.8 Å². The van der Waals surface area contributed by atoms with Crippen LogP contribution in [0.3, 0.4) is 0 Å². The van der Waals surface area contributed by atoms with Crippen LogP contribution in [-0.4, -0.2) is 6.36 Å². The van der Waals surface area contributed by atoms with Gasteiger partial charge >= 0.3 is 6.36 Å². The Morgan fingerprint density at radius 1 is 1.17 bits per heavy atom. The van der Waals surface area contributed by atoms with Gasteiger partial charge < -0.3 is 4.74 Å². The summed E-state index contributed by atoms with van der Waals surface area (Å²) in [6, 6.07) is 5.95. The van der Waals surface area contributed by atoms with Gasteiger partial charge in [-0.2, -0.15) is 0 Å². The second-order valence-corrected chi connectivity index (χ2v) is 3.14. The van der Waals surface area contributed by atoms with Crippen LogP contribution >= 0.6 is 22.6 Å². The number of halogens is 4. The van der Waals surface area contributed by atoms with E-state index in [1.807, 2.05) is 0 Å². The van der Waals surface area contributed by atoms with Crippen LogP contribution < -0.4 is 4.74 Å². The van der Waals surface area contributed by atoms with Gasteiger partial charge in [-0.1, -0.05) is 12.1 Å². The minimum Gasteiger partial charge on any atom is -0.405 e. The van der Waals surface area contributed by atoms with E-state index in [2.05, 4.69) is 4.74 Å². The lowest BCUT2D eigenvalue weighted by Crippen LogP contribution is -2.17. The summed E-state index contributed by atoms with van der Waals surface area (Å²) in [7, 11) is 0. The molecule has 5 heteroatoms. The molecule has 0 spiro atoms. The molecule has 0 aliphatic rings. The highest BCUT2D eigenvalue weighted by molar-refractivity contribution is 14.1. The maximum absolute atomic E-state index is 11.7. The van der Waals surface area contributed by atoms with E-state index in [4.69, 9.17) is 0 Å². The average molecular weight is 288 g/mol. The van der Waals surface area contributed by atoms with Gasteiger partial charge in [0.15, 0.2) is 0 Å². The number of rotatable bonds is 1. The smallest absolute Gasteiger partial charge is 0.405 e. The Balaban J connectivity index is 2.83. The van der Waals surface area contributed by atoms with Crippen molar-refractivity contribution in [2.24, 2.45) is 0 Å². The molecule has 0 atom stereocenters. The maximum Gasteiger partial charge on any atom is 0.573 e. The van der Waals surface area contributed by atoms with Crippen LogP contribution in [0.15, 0.2) is 24.3 Å². The minimum atomic E-state index is -4.61. The lowest BCUT2D eigenvalue weighted by molar-refractivity contribution is -0.274. The van der Waals surface area contributed by atoms with Gasteiger partial charge in [0.2, 0.25) is 0 Å². The molecule has 66 valence electrons. The second-order valence-electron chi connectivity index (χ2n) is 1.98. The van der Waals surface area contributed by atoms with Crippen LogP contribution in [0.5, 0.6) is 5.75 Å². The first kappa shape index (κ1) is 9.63. The average Bonchev–Trinajstić information content (AvgIpc) is 1.91. The molecule has 0 aromatic heterocycles. The van der Waals surface area contributed by atoms with E-state index in [0.29, 0.717) is 3.57 Å². The third kappa shape index (κ3) is 2.88. The maximum atomic E-state index is 11.7. The van der Waals surface area contributed by atoms with Crippen LogP contribution in [0.25, 0.3) is 0 Å². The van der Waals surface area contributed by atoms with Crippen LogP contribution in [0.2, 0.25) is 0 Å². The molecular formula is C7H4F3IO. The molecule has 1 nitrogen and oxygen atoms in total. The van der Waals surface area contributed by atoms with Crippen molar-refractivity contribution < 1.29 is 17.9 Å². The standard InChI is InChI=1S/C7H4F3IO/c8-7(9,10)12-6-4-2-1-3-5(6)11/h1-4H. The summed E-state index contributed by atoms with van der Waals surface area (Å²) in [5.41, 5.74) is 0. The Labute approximate surface area is 80.7 Å². The van der Waals surface area contributed by atoms with Crippen LogP contribution in [0.1, 0.15) is 0 Å². The Hall–Kier alpha value is -0.460. The van der Waals surface area contributed by atoms with E-state index in [1.54, 1.807) is 34.7 Å². The van der Waals surface area contributed by atoms with Gasteiger partial charge in [-0.05, 0) is 34.7 Å². The largest absolute Gasteiger partial charge is 0.573 e. The fraction of sp³-hybridized carbons (Fsp3) is 0.143. The number of para-hydroxylation sites is 1. The predicted molar refractivity (Wildman–Crippen MR) is 45.8 cm³/mol. The Morgan fingerprint density at radius 2 is 1.75 bits per heavy atom. The van der Waals surface area contributed by atoms with Crippen molar-refractivity contribution in [2.45, 2.75) is 6.36 Å². The molecule has 0 aliphatic carbocycles. The van der Waals surface area contributed by atoms with Gasteiger partial charge in [-0.25, -0.2) is 0 Å². The van der Waals surface area contributed by atoms with E-state index in [0.717, 1.165) is 0 Å². The molecule has 1 rings (SSSR count). The van der Waals surface area contributed by atoms with Crippen molar-refractivity contribution >= 4 is 22.6 Å². The Kier molecular flexibility index (Phi) is 2.81. The molecule has 0 amide bonds. The second kappa shape index (κ2) is 3.51. The zero-order valence-electron chi connectivity index (χ0n) is 5.73. The van der Waals surface area contributed by atoms with E-state index in [9.17, 15) is 13.2 Å². The molecule has 0 aliphatic heterocycles. The van der Waals surface area contributed by atoms with E-state index >= 15 is 0 Å². The third-order valence-electron chi connectivity index (χ3n) is 1.06. The predicted octanol–water partition coefficient (Wildman–Crippen LogP) is 3.19. The summed E-state index contributed by atoms with van der Waals surface area (Å²) >= 11 is 1.78. The first-order valence-electron chi connectivity index (χ1n) is 2.99. The normalized spacial score (nSPS) is 11.3. The molecule has 0 heterocycles. The quantitative estimate of drug-likeness (QED) is 0.721. The lowest BCUT2D eigenvalue weighted by Gasteiger charge is -2.09. The van der Waals surface area contributed by atoms with Crippen molar-refractivity contribution in [3.8, 4) is 5.75 Å². The number of alkyl halides is 3. The summed E-state index contributed by atoms with van der Waals surface area (Å²) in [4.78, 5) is 0. The summed E-state index contributed by atoms with van der Waals surface area (Å²) in [5.74, 6) is -0.161. The summed E-state index contributed by atoms with van der Waals surface area (Å²) < 4.78 is 39.2. The molecule has 0 bridgehead atoms. The zero-order valence-corrected chi connectivity index (χ0v) is 7.89. The Bertz CT molecular complexity index is 272. The van der Waals surface area contributed by atoms with Gasteiger partial charge in [0.1, 0.15) is 5.75 Å². The van der Waals surface area contributed by atoms with Gasteiger partial charge in [0.25, 0.3) is 0 Å². The molecule has 1 aromatic rings. The molecule has 0 saturated carbocycles. The van der Waals surface area contributed by atoms with E-state index in [1.165, 1.54) is 12.1 Å². The van der Waals surface area contributed by atoms with Gasteiger partial charge in [-0.15, -0.1) is 13.2 Å². The fourth-order valence-electron chi connectivity index (χ4n) is 0.652. The molecule has 0 saturated heterocycles. The summed E-state index contributed by atoms with van der Waals surface area (Å²) in [6.45, 7) is 0. The number of benzene rings is 1. The van der Waals surface area contributed by atoms with E-state index < -0.39 is 6.36 Å². The van der Waals surface area contributed by atoms with Crippen molar-refractivity contribution in [1.29, 1.82) is 0 Å². The molecule has 0 unspecified atom stereocenters. The first-order valence-corrected chi connectivity index (χ1v) is 4.07. The minimum absolute atomic E-state index is 0.161. The highest BCUT2D eigenvalue weighted by Gasteiger charge is 2.31. The zero-order chi connectivity index (χ0) is 9.19. The van der Waals surface area contributed by atoms with Gasteiger partial charge in [0, 0.05) is 0 Å². The SMILES string of the molecule is FC(F)(F)Oc1ccccc1I. The molecule has 0 radical (unpaired) electrons. The molecule has 12 heavy (non-hydrogen) atoms. The van der Waals surface area contributed by atoms with Crippen LogP contribution in [-0.2, 0) is 0 Å². The number of hydrogen-bond donors (Lipinski definition) is 0. The topological polar surface area (TPSA) is 9.23 Å². The van der Waals surface area contributed by atoms with Crippen LogP contribution in [0, 0.1) is 3.57 Å². The molecule has 0 N–H and O–H groups in total. The molecular weight excluding hydrogens is 284 g/mol. The van der Waals surface area contributed by atoms with Gasteiger partial charge in [-0.3, -0.25) is 0 Å². The van der Waals surface area contributed by atoms with Crippen molar-refractivity contribution in [1.82, 2.24) is 0 Å². The first-order chi connectivity index (χ1) is 5.49. The molecule has 1 aromatic carbocycles. The van der Waals surface area contributed by atoms with Gasteiger partial charge in [0.05, 0.1) is 3.57 Å². The monoisotopic (exact) mass is 288 g/mol. The fourth-order valence-corrected chi connectivity index (χ4v) is 1.15.